The number of benzene rings is 1. The molecule has 1 aliphatic rings. The number of hydrazone groups is 1. The van der Waals surface area contributed by atoms with Gasteiger partial charge >= 0.3 is 0 Å². The quantitative estimate of drug-likeness (QED) is 0.855. The highest BCUT2D eigenvalue weighted by Gasteiger charge is 2.26. The number of hydrogen-bond acceptors (Lipinski definition) is 4. The van der Waals surface area contributed by atoms with Gasteiger partial charge in [-0.2, -0.15) is 5.10 Å². The molecular formula is C16H16FN3O2. The lowest BCUT2D eigenvalue weighted by Gasteiger charge is -2.13. The minimum absolute atomic E-state index is 0.196. The summed E-state index contributed by atoms with van der Waals surface area (Å²) < 4.78 is 18.5. The van der Waals surface area contributed by atoms with Crippen LogP contribution in [0.1, 0.15) is 40.3 Å². The molecule has 1 heterocycles. The maximum atomic E-state index is 12.9. The second-order valence-corrected chi connectivity index (χ2v) is 5.25. The Bertz CT molecular complexity index is 747. The van der Waals surface area contributed by atoms with Gasteiger partial charge in [-0.1, -0.05) is 0 Å². The summed E-state index contributed by atoms with van der Waals surface area (Å²) in [6.45, 7) is 1.81. The largest absolute Gasteiger partial charge is 0.455 e. The molecule has 5 nitrogen and oxygen atoms in total. The van der Waals surface area contributed by atoms with Gasteiger partial charge in [-0.05, 0) is 44.0 Å². The molecule has 3 rings (SSSR count). The van der Waals surface area contributed by atoms with E-state index in [2.05, 4.69) is 10.5 Å². The summed E-state index contributed by atoms with van der Waals surface area (Å²) >= 11 is 0. The molecule has 0 saturated heterocycles. The number of furan rings is 1. The van der Waals surface area contributed by atoms with E-state index in [0.717, 1.165) is 41.9 Å². The van der Waals surface area contributed by atoms with E-state index in [1.807, 2.05) is 0 Å². The molecule has 2 aromatic rings. The predicted octanol–water partition coefficient (Wildman–Crippen LogP) is 2.98. The van der Waals surface area contributed by atoms with Crippen molar-refractivity contribution in [2.45, 2.75) is 26.2 Å². The molecule has 1 amide bonds. The van der Waals surface area contributed by atoms with Gasteiger partial charge in [0.1, 0.15) is 11.6 Å². The monoisotopic (exact) mass is 301 g/mol. The van der Waals surface area contributed by atoms with E-state index in [9.17, 15) is 9.18 Å². The van der Waals surface area contributed by atoms with Crippen LogP contribution in [0.3, 0.4) is 0 Å². The van der Waals surface area contributed by atoms with Crippen molar-refractivity contribution in [3.05, 3.63) is 52.7 Å². The molecule has 0 atom stereocenters. The fourth-order valence-electron chi connectivity index (χ4n) is 2.67. The zero-order chi connectivity index (χ0) is 15.7. The molecule has 0 saturated carbocycles. The Balaban J connectivity index is 1.92. The average Bonchev–Trinajstić information content (AvgIpc) is 2.85. The van der Waals surface area contributed by atoms with E-state index in [0.29, 0.717) is 5.69 Å². The van der Waals surface area contributed by atoms with Gasteiger partial charge in [0.25, 0.3) is 5.91 Å². The normalized spacial score (nSPS) is 15.6. The number of anilines is 1. The van der Waals surface area contributed by atoms with E-state index in [4.69, 9.17) is 10.2 Å². The van der Waals surface area contributed by atoms with Gasteiger partial charge in [0.15, 0.2) is 5.76 Å². The highest BCUT2D eigenvalue weighted by atomic mass is 19.1. The third kappa shape index (κ3) is 2.59. The van der Waals surface area contributed by atoms with Gasteiger partial charge in [-0.25, -0.2) is 4.39 Å². The summed E-state index contributed by atoms with van der Waals surface area (Å²) in [4.78, 5) is 11.4. The van der Waals surface area contributed by atoms with Crippen LogP contribution < -0.4 is 11.2 Å². The molecule has 1 aromatic heterocycles. The predicted molar refractivity (Wildman–Crippen MR) is 81.5 cm³/mol. The smallest absolute Gasteiger partial charge is 0.284 e. The number of carbonyl (C=O) groups excluding carboxylic acids is 1. The van der Waals surface area contributed by atoms with E-state index < -0.39 is 5.91 Å². The van der Waals surface area contributed by atoms with Crippen LogP contribution in [-0.2, 0) is 6.42 Å². The van der Waals surface area contributed by atoms with Crippen molar-refractivity contribution in [2.24, 2.45) is 10.8 Å². The standard InChI is InChI=1S/C16H16FN3O2/c1-9-14-12(20-19-11-7-5-10(17)6-8-11)3-2-4-13(14)22-15(9)16(18)21/h5-8,19H,2-4H2,1H3,(H2,18,21)/b20-12+. The third-order valence-corrected chi connectivity index (χ3v) is 3.71. The number of aryl methyl sites for hydroxylation is 1. The Labute approximate surface area is 127 Å². The molecular weight excluding hydrogens is 285 g/mol. The Morgan fingerprint density at radius 3 is 2.73 bits per heavy atom. The summed E-state index contributed by atoms with van der Waals surface area (Å²) in [5.74, 6) is 0.0752. The number of fused-ring (bicyclic) bond motifs is 1. The zero-order valence-corrected chi connectivity index (χ0v) is 12.1. The molecule has 0 bridgehead atoms. The van der Waals surface area contributed by atoms with E-state index in [-0.39, 0.29) is 11.6 Å². The molecule has 0 spiro atoms. The molecule has 1 aromatic carbocycles. The number of nitrogens with zero attached hydrogens (tertiary/aromatic N) is 1. The van der Waals surface area contributed by atoms with Crippen molar-refractivity contribution >= 4 is 17.3 Å². The topological polar surface area (TPSA) is 80.6 Å². The molecule has 0 aliphatic heterocycles. The second-order valence-electron chi connectivity index (χ2n) is 5.25. The molecule has 0 unspecified atom stereocenters. The highest BCUT2D eigenvalue weighted by molar-refractivity contribution is 6.06. The Hall–Kier alpha value is -2.63. The lowest BCUT2D eigenvalue weighted by molar-refractivity contribution is 0.0971. The van der Waals surface area contributed by atoms with Crippen LogP contribution in [0.5, 0.6) is 0 Å². The van der Waals surface area contributed by atoms with Crippen molar-refractivity contribution in [3.63, 3.8) is 0 Å². The van der Waals surface area contributed by atoms with E-state index >= 15 is 0 Å². The Kier molecular flexibility index (Phi) is 3.66. The number of halogens is 1. The first-order valence-electron chi connectivity index (χ1n) is 7.07. The highest BCUT2D eigenvalue weighted by Crippen LogP contribution is 2.29. The molecule has 0 radical (unpaired) electrons. The summed E-state index contributed by atoms with van der Waals surface area (Å²) in [5, 5.41) is 4.39. The van der Waals surface area contributed by atoms with Gasteiger partial charge in [0, 0.05) is 17.5 Å². The SMILES string of the molecule is Cc1c(C(N)=O)oc2c1/C(=N/Nc1ccc(F)cc1)CCC2. The third-order valence-electron chi connectivity index (χ3n) is 3.71. The number of carbonyl (C=O) groups is 1. The van der Waals surface area contributed by atoms with Gasteiger partial charge in [0.2, 0.25) is 0 Å². The maximum Gasteiger partial charge on any atom is 0.284 e. The minimum atomic E-state index is -0.572. The van der Waals surface area contributed by atoms with Crippen LogP contribution in [0.15, 0.2) is 33.8 Å². The van der Waals surface area contributed by atoms with E-state index in [1.165, 1.54) is 12.1 Å². The Morgan fingerprint density at radius 1 is 1.32 bits per heavy atom. The van der Waals surface area contributed by atoms with Crippen molar-refractivity contribution in [3.8, 4) is 0 Å². The van der Waals surface area contributed by atoms with Crippen LogP contribution in [0.2, 0.25) is 0 Å². The number of nitrogens with two attached hydrogens (primary N) is 1. The first-order chi connectivity index (χ1) is 10.6. The molecule has 0 fully saturated rings. The number of primary amides is 1. The van der Waals surface area contributed by atoms with Crippen LogP contribution in [0.4, 0.5) is 10.1 Å². The Morgan fingerprint density at radius 2 is 2.05 bits per heavy atom. The number of rotatable bonds is 3. The zero-order valence-electron chi connectivity index (χ0n) is 12.1. The molecule has 114 valence electrons. The molecule has 6 heteroatoms. The number of nitrogens with one attached hydrogen (secondary N) is 1. The fourth-order valence-corrected chi connectivity index (χ4v) is 2.67. The lowest BCUT2D eigenvalue weighted by Crippen LogP contribution is -2.14. The first-order valence-corrected chi connectivity index (χ1v) is 7.07. The lowest BCUT2D eigenvalue weighted by atomic mass is 9.93. The van der Waals surface area contributed by atoms with Crippen molar-refractivity contribution in [2.75, 3.05) is 5.43 Å². The van der Waals surface area contributed by atoms with Gasteiger partial charge in [-0.15, -0.1) is 0 Å². The summed E-state index contributed by atoms with van der Waals surface area (Å²) in [7, 11) is 0. The first kappa shape index (κ1) is 14.3. The molecule has 22 heavy (non-hydrogen) atoms. The fraction of sp³-hybridized carbons (Fsp3) is 0.250. The van der Waals surface area contributed by atoms with Gasteiger partial charge in [-0.3, -0.25) is 10.2 Å². The van der Waals surface area contributed by atoms with Crippen LogP contribution >= 0.6 is 0 Å². The maximum absolute atomic E-state index is 12.9. The van der Waals surface area contributed by atoms with Gasteiger partial charge < -0.3 is 10.2 Å². The number of amides is 1. The van der Waals surface area contributed by atoms with Crippen molar-refractivity contribution in [1.82, 2.24) is 0 Å². The van der Waals surface area contributed by atoms with Crippen LogP contribution in [-0.4, -0.2) is 11.6 Å². The van der Waals surface area contributed by atoms with E-state index in [1.54, 1.807) is 19.1 Å². The molecule has 1 aliphatic carbocycles. The summed E-state index contributed by atoms with van der Waals surface area (Å²) in [6, 6.07) is 5.95. The van der Waals surface area contributed by atoms with Gasteiger partial charge in [0.05, 0.1) is 11.4 Å². The summed E-state index contributed by atoms with van der Waals surface area (Å²) in [5.41, 5.74) is 11.3. The molecule has 3 N–H and O–H groups in total. The van der Waals surface area contributed by atoms with Crippen LogP contribution in [0, 0.1) is 12.7 Å². The van der Waals surface area contributed by atoms with Crippen molar-refractivity contribution < 1.29 is 13.6 Å². The minimum Gasteiger partial charge on any atom is -0.455 e. The average molecular weight is 301 g/mol. The van der Waals surface area contributed by atoms with Crippen molar-refractivity contribution in [1.29, 1.82) is 0 Å². The second kappa shape index (κ2) is 5.63. The number of hydrogen-bond donors (Lipinski definition) is 2. The van der Waals surface area contributed by atoms with Crippen LogP contribution in [0.25, 0.3) is 0 Å². The summed E-state index contributed by atoms with van der Waals surface area (Å²) in [6.07, 6.45) is 2.43.